The van der Waals surface area contributed by atoms with Gasteiger partial charge in [0.25, 0.3) is 11.3 Å². The van der Waals surface area contributed by atoms with Crippen molar-refractivity contribution in [2.75, 3.05) is 6.54 Å². The van der Waals surface area contributed by atoms with Gasteiger partial charge in [-0.1, -0.05) is 0 Å². The van der Waals surface area contributed by atoms with Crippen LogP contribution < -0.4 is 11.3 Å². The van der Waals surface area contributed by atoms with Crippen molar-refractivity contribution in [1.82, 2.24) is 24.1 Å². The third kappa shape index (κ3) is 1.56. The van der Waals surface area contributed by atoms with Gasteiger partial charge in [0.2, 0.25) is 0 Å². The Morgan fingerprint density at radius 3 is 3.06 bits per heavy atom. The molecule has 0 saturated carbocycles. The number of nitrogens with zero attached hydrogens (tertiary/aromatic N) is 5. The Bertz CT molecular complexity index is 759. The molecule has 0 amide bonds. The summed E-state index contributed by atoms with van der Waals surface area (Å²) in [4.78, 5) is 20.3. The number of aromatic nitrogens is 5. The summed E-state index contributed by atoms with van der Waals surface area (Å²) < 4.78 is 3.20. The molecule has 0 aliphatic heterocycles. The maximum absolute atomic E-state index is 12.2. The maximum Gasteiger partial charge on any atom is 0.261 e. The van der Waals surface area contributed by atoms with Crippen LogP contribution in [0.5, 0.6) is 0 Å². The molecule has 7 heteroatoms. The second-order valence-corrected chi connectivity index (χ2v) is 3.99. The Morgan fingerprint density at radius 2 is 2.22 bits per heavy atom. The Morgan fingerprint density at radius 1 is 1.33 bits per heavy atom. The van der Waals surface area contributed by atoms with E-state index in [-0.39, 0.29) is 5.56 Å². The summed E-state index contributed by atoms with van der Waals surface area (Å²) in [5.74, 6) is 0.488. The molecule has 0 atom stereocenters. The second kappa shape index (κ2) is 4.19. The summed E-state index contributed by atoms with van der Waals surface area (Å²) >= 11 is 0. The van der Waals surface area contributed by atoms with Crippen LogP contribution >= 0.6 is 0 Å². The molecule has 3 aromatic heterocycles. The van der Waals surface area contributed by atoms with E-state index < -0.39 is 0 Å². The standard InChI is InChI=1S/C11H12N6O/c12-3-1-4-16-5-2-9-8(10(16)18)6-13-11-14-7-15-17(9)11/h2,5-7H,1,3-4,12H2. The van der Waals surface area contributed by atoms with Gasteiger partial charge in [0, 0.05) is 18.9 Å². The Hall–Kier alpha value is -2.28. The van der Waals surface area contributed by atoms with E-state index in [1.54, 1.807) is 21.5 Å². The fourth-order valence-electron chi connectivity index (χ4n) is 1.94. The summed E-state index contributed by atoms with van der Waals surface area (Å²) in [6, 6.07) is 1.84. The van der Waals surface area contributed by atoms with Crippen LogP contribution in [-0.2, 0) is 6.54 Å². The first-order chi connectivity index (χ1) is 8.81. The van der Waals surface area contributed by atoms with Crippen LogP contribution in [0.2, 0.25) is 0 Å². The average Bonchev–Trinajstić information content (AvgIpc) is 2.86. The molecule has 18 heavy (non-hydrogen) atoms. The number of nitrogens with two attached hydrogens (primary N) is 1. The quantitative estimate of drug-likeness (QED) is 0.688. The number of rotatable bonds is 3. The van der Waals surface area contributed by atoms with Crippen molar-refractivity contribution in [1.29, 1.82) is 0 Å². The van der Waals surface area contributed by atoms with E-state index in [0.717, 1.165) is 6.42 Å². The largest absolute Gasteiger partial charge is 0.330 e. The summed E-state index contributed by atoms with van der Waals surface area (Å²) in [6.45, 7) is 1.17. The molecule has 2 N–H and O–H groups in total. The highest BCUT2D eigenvalue weighted by Gasteiger charge is 2.07. The lowest BCUT2D eigenvalue weighted by Crippen LogP contribution is -2.21. The van der Waals surface area contributed by atoms with Crippen molar-refractivity contribution < 1.29 is 0 Å². The first kappa shape index (κ1) is 10.8. The summed E-state index contributed by atoms with van der Waals surface area (Å²) in [7, 11) is 0. The molecule has 0 aliphatic rings. The second-order valence-electron chi connectivity index (χ2n) is 3.99. The van der Waals surface area contributed by atoms with E-state index in [0.29, 0.717) is 29.8 Å². The molecule has 0 fully saturated rings. The molecule has 0 radical (unpaired) electrons. The number of pyridine rings is 1. The number of hydrogen-bond donors (Lipinski definition) is 1. The smallest absolute Gasteiger partial charge is 0.261 e. The molecule has 3 aromatic rings. The fourth-order valence-corrected chi connectivity index (χ4v) is 1.94. The Labute approximate surface area is 102 Å². The Kier molecular flexibility index (Phi) is 2.52. The van der Waals surface area contributed by atoms with Crippen molar-refractivity contribution >= 4 is 16.7 Å². The number of fused-ring (bicyclic) bond motifs is 3. The van der Waals surface area contributed by atoms with Crippen LogP contribution in [0.4, 0.5) is 0 Å². The van der Waals surface area contributed by atoms with E-state index in [1.807, 2.05) is 6.07 Å². The highest BCUT2D eigenvalue weighted by molar-refractivity contribution is 5.78. The first-order valence-electron chi connectivity index (χ1n) is 5.69. The zero-order chi connectivity index (χ0) is 12.5. The molecule has 7 nitrogen and oxygen atoms in total. The summed E-state index contributed by atoms with van der Waals surface area (Å²) in [6.07, 6.45) is 5.48. The van der Waals surface area contributed by atoms with Crippen LogP contribution in [0.1, 0.15) is 6.42 Å². The lowest BCUT2D eigenvalue weighted by atomic mass is 10.3. The third-order valence-corrected chi connectivity index (χ3v) is 2.85. The molecular formula is C11H12N6O. The van der Waals surface area contributed by atoms with E-state index >= 15 is 0 Å². The van der Waals surface area contributed by atoms with Gasteiger partial charge in [-0.25, -0.2) is 4.98 Å². The zero-order valence-corrected chi connectivity index (χ0v) is 9.65. The minimum atomic E-state index is -0.0779. The highest BCUT2D eigenvalue weighted by Crippen LogP contribution is 2.08. The van der Waals surface area contributed by atoms with Crippen molar-refractivity contribution in [3.05, 3.63) is 35.1 Å². The van der Waals surface area contributed by atoms with Crippen LogP contribution in [0.25, 0.3) is 16.7 Å². The van der Waals surface area contributed by atoms with Gasteiger partial charge in [0.05, 0.1) is 10.9 Å². The van der Waals surface area contributed by atoms with Crippen LogP contribution in [0.15, 0.2) is 29.6 Å². The number of hydrogen-bond acceptors (Lipinski definition) is 5. The molecule has 92 valence electrons. The van der Waals surface area contributed by atoms with Gasteiger partial charge in [-0.05, 0) is 19.0 Å². The molecule has 0 aliphatic carbocycles. The van der Waals surface area contributed by atoms with Crippen LogP contribution in [0.3, 0.4) is 0 Å². The number of aryl methyl sites for hydroxylation is 1. The SMILES string of the molecule is NCCCn1ccc2c(cnc3ncnn32)c1=O. The van der Waals surface area contributed by atoms with Gasteiger partial charge < -0.3 is 10.3 Å². The maximum atomic E-state index is 12.2. The molecule has 0 unspecified atom stereocenters. The lowest BCUT2D eigenvalue weighted by Gasteiger charge is -2.06. The summed E-state index contributed by atoms with van der Waals surface area (Å²) in [5, 5.41) is 4.59. The molecule has 0 bridgehead atoms. The fraction of sp³-hybridized carbons (Fsp3) is 0.273. The van der Waals surface area contributed by atoms with Gasteiger partial charge in [0.15, 0.2) is 0 Å². The monoisotopic (exact) mass is 244 g/mol. The predicted octanol–water partition coefficient (Wildman–Crippen LogP) is -0.212. The minimum absolute atomic E-state index is 0.0779. The van der Waals surface area contributed by atoms with E-state index in [1.165, 1.54) is 6.33 Å². The normalized spacial score (nSPS) is 11.4. The molecule has 0 aromatic carbocycles. The average molecular weight is 244 g/mol. The van der Waals surface area contributed by atoms with E-state index in [9.17, 15) is 4.79 Å². The zero-order valence-electron chi connectivity index (χ0n) is 9.65. The molecule has 3 rings (SSSR count). The summed E-state index contributed by atoms with van der Waals surface area (Å²) in [5.41, 5.74) is 6.09. The minimum Gasteiger partial charge on any atom is -0.330 e. The van der Waals surface area contributed by atoms with Gasteiger partial charge in [-0.3, -0.25) is 4.79 Å². The van der Waals surface area contributed by atoms with Crippen molar-refractivity contribution in [3.63, 3.8) is 0 Å². The van der Waals surface area contributed by atoms with E-state index in [4.69, 9.17) is 5.73 Å². The molecule has 0 saturated heterocycles. The molecule has 0 spiro atoms. The predicted molar refractivity (Wildman–Crippen MR) is 66.2 cm³/mol. The Balaban J connectivity index is 2.25. The van der Waals surface area contributed by atoms with Crippen molar-refractivity contribution in [2.24, 2.45) is 5.73 Å². The van der Waals surface area contributed by atoms with Crippen molar-refractivity contribution in [3.8, 4) is 0 Å². The van der Waals surface area contributed by atoms with Gasteiger partial charge in [-0.2, -0.15) is 14.6 Å². The van der Waals surface area contributed by atoms with Gasteiger partial charge >= 0.3 is 0 Å². The van der Waals surface area contributed by atoms with Crippen molar-refractivity contribution in [2.45, 2.75) is 13.0 Å². The van der Waals surface area contributed by atoms with Gasteiger partial charge in [0.1, 0.15) is 6.33 Å². The molecular weight excluding hydrogens is 232 g/mol. The lowest BCUT2D eigenvalue weighted by molar-refractivity contribution is 0.633. The highest BCUT2D eigenvalue weighted by atomic mass is 16.1. The van der Waals surface area contributed by atoms with Crippen LogP contribution in [0, 0.1) is 0 Å². The van der Waals surface area contributed by atoms with E-state index in [2.05, 4.69) is 15.1 Å². The van der Waals surface area contributed by atoms with Crippen LogP contribution in [-0.4, -0.2) is 30.7 Å². The third-order valence-electron chi connectivity index (χ3n) is 2.85. The van der Waals surface area contributed by atoms with Gasteiger partial charge in [-0.15, -0.1) is 0 Å². The topological polar surface area (TPSA) is 91.1 Å². The molecule has 3 heterocycles. The first-order valence-corrected chi connectivity index (χ1v) is 5.69.